The molecule has 1 atom stereocenters. The van der Waals surface area contributed by atoms with Crippen LogP contribution < -0.4 is 4.74 Å². The lowest BCUT2D eigenvalue weighted by Gasteiger charge is -2.25. The van der Waals surface area contributed by atoms with Gasteiger partial charge in [0.05, 0.1) is 22.6 Å². The molecule has 5 nitrogen and oxygen atoms in total. The second-order valence-electron chi connectivity index (χ2n) is 8.02. The number of carbonyl (C=O) groups is 2. The number of rotatable bonds is 10. The molecule has 0 fully saturated rings. The Hall–Kier alpha value is -3.44. The van der Waals surface area contributed by atoms with Crippen LogP contribution in [0.2, 0.25) is 0 Å². The number of para-hydroxylation sites is 1. The van der Waals surface area contributed by atoms with Crippen LogP contribution in [0.4, 0.5) is 0 Å². The number of benzene rings is 3. The van der Waals surface area contributed by atoms with Crippen LogP contribution in [0.3, 0.4) is 0 Å². The molecule has 0 aliphatic rings. The lowest BCUT2D eigenvalue weighted by Crippen LogP contribution is -2.29. The van der Waals surface area contributed by atoms with Gasteiger partial charge in [0.2, 0.25) is 0 Å². The Kier molecular flexibility index (Phi) is 7.79. The van der Waals surface area contributed by atoms with E-state index in [4.69, 9.17) is 14.2 Å². The maximum Gasteiger partial charge on any atom is 0.338 e. The van der Waals surface area contributed by atoms with Crippen molar-refractivity contribution in [3.05, 3.63) is 102 Å². The maximum atomic E-state index is 13.3. The van der Waals surface area contributed by atoms with E-state index >= 15 is 0 Å². The molecule has 0 saturated heterocycles. The van der Waals surface area contributed by atoms with Gasteiger partial charge in [-0.3, -0.25) is 4.79 Å². The second kappa shape index (κ2) is 10.7. The van der Waals surface area contributed by atoms with E-state index in [1.807, 2.05) is 62.4 Å². The van der Waals surface area contributed by atoms with Crippen LogP contribution in [-0.2, 0) is 14.9 Å². The zero-order valence-corrected chi connectivity index (χ0v) is 18.6. The average molecular weight is 433 g/mol. The van der Waals surface area contributed by atoms with Crippen LogP contribution in [0.5, 0.6) is 5.75 Å². The summed E-state index contributed by atoms with van der Waals surface area (Å²) in [7, 11) is 0. The van der Waals surface area contributed by atoms with Gasteiger partial charge in [-0.25, -0.2) is 4.79 Å². The van der Waals surface area contributed by atoms with Gasteiger partial charge in [-0.1, -0.05) is 60.7 Å². The highest BCUT2D eigenvalue weighted by Gasteiger charge is 2.32. The van der Waals surface area contributed by atoms with Crippen LogP contribution in [0.25, 0.3) is 0 Å². The van der Waals surface area contributed by atoms with Crippen LogP contribution in [0, 0.1) is 0 Å². The predicted octanol–water partition coefficient (Wildman–Crippen LogP) is 5.45. The largest absolute Gasteiger partial charge is 0.467 e. The van der Waals surface area contributed by atoms with Crippen molar-refractivity contribution in [2.75, 3.05) is 13.4 Å². The summed E-state index contributed by atoms with van der Waals surface area (Å²) in [6.07, 6.45) is -0.369. The summed E-state index contributed by atoms with van der Waals surface area (Å²) < 4.78 is 16.7. The van der Waals surface area contributed by atoms with Gasteiger partial charge in [0.15, 0.2) is 12.6 Å². The van der Waals surface area contributed by atoms with E-state index in [-0.39, 0.29) is 25.3 Å². The fourth-order valence-electron chi connectivity index (χ4n) is 3.22. The Bertz CT molecular complexity index is 1030. The predicted molar refractivity (Wildman–Crippen MR) is 123 cm³/mol. The molecule has 3 rings (SSSR count). The molecule has 32 heavy (non-hydrogen) atoms. The van der Waals surface area contributed by atoms with E-state index in [9.17, 15) is 9.59 Å². The normalized spacial score (nSPS) is 12.1. The highest BCUT2D eigenvalue weighted by atomic mass is 16.7. The van der Waals surface area contributed by atoms with Crippen LogP contribution in [0.15, 0.2) is 84.9 Å². The third kappa shape index (κ3) is 5.83. The van der Waals surface area contributed by atoms with Crippen LogP contribution in [0.1, 0.15) is 47.1 Å². The summed E-state index contributed by atoms with van der Waals surface area (Å²) in [4.78, 5) is 25.3. The molecule has 0 bridgehead atoms. The lowest BCUT2D eigenvalue weighted by atomic mass is 9.78. The summed E-state index contributed by atoms with van der Waals surface area (Å²) in [5.41, 5.74) is 1.21. The number of esters is 1. The maximum absolute atomic E-state index is 13.3. The van der Waals surface area contributed by atoms with Crippen molar-refractivity contribution >= 4 is 11.8 Å². The highest BCUT2D eigenvalue weighted by Crippen LogP contribution is 2.31. The van der Waals surface area contributed by atoms with Crippen molar-refractivity contribution in [2.24, 2.45) is 0 Å². The van der Waals surface area contributed by atoms with E-state index in [1.54, 1.807) is 43.3 Å². The topological polar surface area (TPSA) is 61.8 Å². The fourth-order valence-corrected chi connectivity index (χ4v) is 3.22. The quantitative estimate of drug-likeness (QED) is 0.242. The molecule has 0 amide bonds. The summed E-state index contributed by atoms with van der Waals surface area (Å²) in [6, 6.07) is 25.6. The number of ether oxygens (including phenoxy) is 3. The lowest BCUT2D eigenvalue weighted by molar-refractivity contribution is -0.0545. The Labute approximate surface area is 188 Å². The number of carbonyl (C=O) groups excluding carboxylic acids is 2. The molecule has 166 valence electrons. The molecule has 0 spiro atoms. The van der Waals surface area contributed by atoms with Crippen molar-refractivity contribution in [3.8, 4) is 5.75 Å². The Morgan fingerprint density at radius 1 is 0.844 bits per heavy atom. The van der Waals surface area contributed by atoms with E-state index in [0.29, 0.717) is 16.9 Å². The monoisotopic (exact) mass is 432 g/mol. The van der Waals surface area contributed by atoms with Crippen molar-refractivity contribution in [3.63, 3.8) is 0 Å². The van der Waals surface area contributed by atoms with E-state index in [1.165, 1.54) is 0 Å². The molecule has 0 heterocycles. The SMILES string of the molecule is CC(COC(=O)c1ccccc1)OCOc1ccccc1C(=O)C(C)(C)c1ccccc1. The summed E-state index contributed by atoms with van der Waals surface area (Å²) in [6.45, 7) is 5.62. The molecule has 0 saturated carbocycles. The molecule has 0 radical (unpaired) electrons. The Balaban J connectivity index is 1.56. The number of Topliss-reactive ketones (excluding diaryl/α,β-unsaturated/α-hetero) is 1. The summed E-state index contributed by atoms with van der Waals surface area (Å²) >= 11 is 0. The molecule has 0 aliphatic carbocycles. The van der Waals surface area contributed by atoms with Gasteiger partial charge in [0, 0.05) is 0 Å². The van der Waals surface area contributed by atoms with Crippen molar-refractivity contribution in [1.29, 1.82) is 0 Å². The van der Waals surface area contributed by atoms with E-state index < -0.39 is 11.4 Å². The third-order valence-corrected chi connectivity index (χ3v) is 5.22. The number of ketones is 1. The molecule has 3 aromatic carbocycles. The van der Waals surface area contributed by atoms with Crippen LogP contribution >= 0.6 is 0 Å². The fraction of sp³-hybridized carbons (Fsp3) is 0.259. The molecule has 5 heteroatoms. The van der Waals surface area contributed by atoms with E-state index in [2.05, 4.69) is 0 Å². The highest BCUT2D eigenvalue weighted by molar-refractivity contribution is 6.05. The summed E-state index contributed by atoms with van der Waals surface area (Å²) in [5.74, 6) is 0.0141. The molecule has 0 N–H and O–H groups in total. The number of hydrogen-bond acceptors (Lipinski definition) is 5. The Morgan fingerprint density at radius 2 is 1.44 bits per heavy atom. The first kappa shape index (κ1) is 23.2. The van der Waals surface area contributed by atoms with Gasteiger partial charge in [-0.05, 0) is 50.6 Å². The van der Waals surface area contributed by atoms with Gasteiger partial charge in [-0.15, -0.1) is 0 Å². The van der Waals surface area contributed by atoms with Crippen molar-refractivity contribution in [1.82, 2.24) is 0 Å². The number of hydrogen-bond donors (Lipinski definition) is 0. The van der Waals surface area contributed by atoms with Crippen molar-refractivity contribution < 1.29 is 23.8 Å². The smallest absolute Gasteiger partial charge is 0.338 e. The Morgan fingerprint density at radius 3 is 2.12 bits per heavy atom. The summed E-state index contributed by atoms with van der Waals surface area (Å²) in [5, 5.41) is 0. The average Bonchev–Trinajstić information content (AvgIpc) is 2.83. The molecule has 3 aromatic rings. The first-order valence-corrected chi connectivity index (χ1v) is 10.6. The van der Waals surface area contributed by atoms with Gasteiger partial charge in [-0.2, -0.15) is 0 Å². The van der Waals surface area contributed by atoms with Crippen molar-refractivity contribution in [2.45, 2.75) is 32.3 Å². The first-order valence-electron chi connectivity index (χ1n) is 10.6. The molecular formula is C27H28O5. The minimum absolute atomic E-state index is 0.0378. The molecule has 1 unspecified atom stereocenters. The minimum Gasteiger partial charge on any atom is -0.467 e. The zero-order chi connectivity index (χ0) is 23.0. The van der Waals surface area contributed by atoms with Gasteiger partial charge in [0.1, 0.15) is 12.4 Å². The molecule has 0 aliphatic heterocycles. The first-order chi connectivity index (χ1) is 15.4. The zero-order valence-electron chi connectivity index (χ0n) is 18.6. The van der Waals surface area contributed by atoms with Crippen LogP contribution in [-0.4, -0.2) is 31.3 Å². The minimum atomic E-state index is -0.708. The van der Waals surface area contributed by atoms with Gasteiger partial charge < -0.3 is 14.2 Å². The molecule has 0 aromatic heterocycles. The van der Waals surface area contributed by atoms with Gasteiger partial charge in [0.25, 0.3) is 0 Å². The third-order valence-electron chi connectivity index (χ3n) is 5.22. The molecular weight excluding hydrogens is 404 g/mol. The van der Waals surface area contributed by atoms with E-state index in [0.717, 1.165) is 5.56 Å². The van der Waals surface area contributed by atoms with Gasteiger partial charge >= 0.3 is 5.97 Å². The second-order valence-corrected chi connectivity index (χ2v) is 8.02. The standard InChI is InChI=1S/C27H28O5/c1-20(18-30-26(29)21-12-6-4-7-13-21)31-19-32-24-17-11-10-16-23(24)25(28)27(2,3)22-14-8-5-9-15-22/h4-17,20H,18-19H2,1-3H3.